The van der Waals surface area contributed by atoms with Gasteiger partial charge in [-0.25, -0.2) is 9.97 Å². The molecular formula is C8H12N4. The highest BCUT2D eigenvalue weighted by Gasteiger charge is 2.16. The summed E-state index contributed by atoms with van der Waals surface area (Å²) < 4.78 is 0. The second kappa shape index (κ2) is 2.62. The van der Waals surface area contributed by atoms with Crippen molar-refractivity contribution in [2.45, 2.75) is 6.42 Å². The maximum atomic E-state index is 4.22. The Balaban J connectivity index is 2.49. The second-order valence-electron chi connectivity index (χ2n) is 3.10. The van der Waals surface area contributed by atoms with Crippen LogP contribution in [-0.2, 0) is 6.42 Å². The number of hydrogen-bond acceptors (Lipinski definition) is 4. The summed E-state index contributed by atoms with van der Waals surface area (Å²) in [6.07, 6.45) is 2.64. The van der Waals surface area contributed by atoms with Crippen LogP contribution in [-0.4, -0.2) is 30.6 Å². The number of fused-ring (bicyclic) bond motifs is 1. The molecule has 1 aliphatic heterocycles. The Morgan fingerprint density at radius 3 is 3.00 bits per heavy atom. The van der Waals surface area contributed by atoms with Gasteiger partial charge in [0.25, 0.3) is 0 Å². The molecule has 0 amide bonds. The van der Waals surface area contributed by atoms with Crippen molar-refractivity contribution < 1.29 is 0 Å². The number of rotatable bonds is 1. The van der Waals surface area contributed by atoms with Crippen LogP contribution in [0.1, 0.15) is 5.56 Å². The Labute approximate surface area is 71.6 Å². The molecule has 0 unspecified atom stereocenters. The molecule has 1 aromatic rings. The van der Waals surface area contributed by atoms with Crippen LogP contribution in [0.5, 0.6) is 0 Å². The number of nitrogens with zero attached hydrogens (tertiary/aromatic N) is 3. The smallest absolute Gasteiger partial charge is 0.136 e. The molecule has 1 aromatic heterocycles. The zero-order chi connectivity index (χ0) is 8.55. The molecule has 4 nitrogen and oxygen atoms in total. The van der Waals surface area contributed by atoms with Crippen LogP contribution in [0.2, 0.25) is 0 Å². The zero-order valence-electron chi connectivity index (χ0n) is 7.33. The van der Waals surface area contributed by atoms with Crippen LogP contribution >= 0.6 is 0 Å². The van der Waals surface area contributed by atoms with Crippen molar-refractivity contribution >= 4 is 11.6 Å². The maximum Gasteiger partial charge on any atom is 0.136 e. The molecule has 0 fully saturated rings. The van der Waals surface area contributed by atoms with Crippen molar-refractivity contribution in [2.24, 2.45) is 0 Å². The topological polar surface area (TPSA) is 41.1 Å². The quantitative estimate of drug-likeness (QED) is 0.656. The minimum atomic E-state index is 0.981. The van der Waals surface area contributed by atoms with Crippen LogP contribution in [0, 0.1) is 0 Å². The van der Waals surface area contributed by atoms with Crippen LogP contribution in [0.4, 0.5) is 11.6 Å². The van der Waals surface area contributed by atoms with E-state index in [1.54, 1.807) is 6.33 Å². The zero-order valence-corrected chi connectivity index (χ0v) is 7.33. The highest BCUT2D eigenvalue weighted by Crippen LogP contribution is 2.25. The minimum absolute atomic E-state index is 0.981. The lowest BCUT2D eigenvalue weighted by Gasteiger charge is -2.13. The van der Waals surface area contributed by atoms with Crippen LogP contribution < -0.4 is 10.2 Å². The first-order valence-corrected chi connectivity index (χ1v) is 4.04. The third-order valence-electron chi connectivity index (χ3n) is 2.01. The first kappa shape index (κ1) is 7.34. The van der Waals surface area contributed by atoms with Gasteiger partial charge in [0.15, 0.2) is 0 Å². The lowest BCUT2D eigenvalue weighted by atomic mass is 10.2. The molecule has 0 saturated heterocycles. The molecule has 0 bridgehead atoms. The van der Waals surface area contributed by atoms with Crippen LogP contribution in [0.25, 0.3) is 0 Å². The van der Waals surface area contributed by atoms with E-state index in [1.807, 2.05) is 19.0 Å². The van der Waals surface area contributed by atoms with Gasteiger partial charge in [-0.2, -0.15) is 0 Å². The molecule has 12 heavy (non-hydrogen) atoms. The van der Waals surface area contributed by atoms with E-state index >= 15 is 0 Å². The average molecular weight is 164 g/mol. The van der Waals surface area contributed by atoms with E-state index in [0.29, 0.717) is 0 Å². The van der Waals surface area contributed by atoms with Crippen molar-refractivity contribution in [3.05, 3.63) is 11.9 Å². The first-order chi connectivity index (χ1) is 5.79. The monoisotopic (exact) mass is 164 g/mol. The van der Waals surface area contributed by atoms with Crippen LogP contribution in [0.15, 0.2) is 6.33 Å². The van der Waals surface area contributed by atoms with E-state index in [2.05, 4.69) is 15.3 Å². The summed E-state index contributed by atoms with van der Waals surface area (Å²) in [5, 5.41) is 3.22. The van der Waals surface area contributed by atoms with E-state index in [4.69, 9.17) is 0 Å². The minimum Gasteiger partial charge on any atom is -0.369 e. The van der Waals surface area contributed by atoms with Gasteiger partial charge in [0.05, 0.1) is 0 Å². The molecule has 2 rings (SSSR count). The summed E-state index contributed by atoms with van der Waals surface area (Å²) in [7, 11) is 4.00. The maximum absolute atomic E-state index is 4.22. The lowest BCUT2D eigenvalue weighted by Crippen LogP contribution is -2.13. The molecule has 4 heteroatoms. The normalized spacial score (nSPS) is 13.8. The molecule has 0 spiro atoms. The SMILES string of the molecule is CN(C)c1ncnc2c1CCN2. The lowest BCUT2D eigenvalue weighted by molar-refractivity contribution is 1.00. The van der Waals surface area contributed by atoms with E-state index in [9.17, 15) is 0 Å². The fourth-order valence-corrected chi connectivity index (χ4v) is 1.48. The Kier molecular flexibility index (Phi) is 1.60. The van der Waals surface area contributed by atoms with E-state index in [-0.39, 0.29) is 0 Å². The van der Waals surface area contributed by atoms with Crippen molar-refractivity contribution in [1.29, 1.82) is 0 Å². The van der Waals surface area contributed by atoms with Gasteiger partial charge in [-0.05, 0) is 6.42 Å². The van der Waals surface area contributed by atoms with Gasteiger partial charge in [0, 0.05) is 26.2 Å². The van der Waals surface area contributed by atoms with E-state index < -0.39 is 0 Å². The predicted molar refractivity (Wildman–Crippen MR) is 48.6 cm³/mol. The van der Waals surface area contributed by atoms with E-state index in [0.717, 1.165) is 24.6 Å². The highest BCUT2D eigenvalue weighted by atomic mass is 15.2. The Morgan fingerprint density at radius 2 is 2.25 bits per heavy atom. The van der Waals surface area contributed by atoms with Crippen molar-refractivity contribution in [1.82, 2.24) is 9.97 Å². The van der Waals surface area contributed by atoms with Crippen molar-refractivity contribution in [2.75, 3.05) is 30.9 Å². The number of aromatic nitrogens is 2. The fraction of sp³-hybridized carbons (Fsp3) is 0.500. The molecule has 0 aliphatic carbocycles. The van der Waals surface area contributed by atoms with Gasteiger partial charge in [-0.15, -0.1) is 0 Å². The van der Waals surface area contributed by atoms with Gasteiger partial charge in [0.1, 0.15) is 18.0 Å². The van der Waals surface area contributed by atoms with Crippen LogP contribution in [0.3, 0.4) is 0 Å². The van der Waals surface area contributed by atoms with Gasteiger partial charge in [-0.3, -0.25) is 0 Å². The summed E-state index contributed by atoms with van der Waals surface area (Å²) in [6, 6.07) is 0. The third-order valence-corrected chi connectivity index (χ3v) is 2.01. The Morgan fingerprint density at radius 1 is 1.42 bits per heavy atom. The molecule has 2 heterocycles. The van der Waals surface area contributed by atoms with Gasteiger partial charge in [-0.1, -0.05) is 0 Å². The highest BCUT2D eigenvalue weighted by molar-refractivity contribution is 5.61. The number of nitrogens with one attached hydrogen (secondary N) is 1. The number of anilines is 2. The Bertz CT molecular complexity index is 295. The van der Waals surface area contributed by atoms with Gasteiger partial charge in [0.2, 0.25) is 0 Å². The molecule has 0 aromatic carbocycles. The molecule has 64 valence electrons. The van der Waals surface area contributed by atoms with Gasteiger partial charge < -0.3 is 10.2 Å². The molecule has 0 atom stereocenters. The second-order valence-corrected chi connectivity index (χ2v) is 3.10. The summed E-state index contributed by atoms with van der Waals surface area (Å²) in [4.78, 5) is 10.4. The fourth-order valence-electron chi connectivity index (χ4n) is 1.48. The van der Waals surface area contributed by atoms with Crippen molar-refractivity contribution in [3.8, 4) is 0 Å². The predicted octanol–water partition coefficient (Wildman–Crippen LogP) is 0.511. The first-order valence-electron chi connectivity index (χ1n) is 4.04. The summed E-state index contributed by atoms with van der Waals surface area (Å²) in [5.41, 5.74) is 1.24. The average Bonchev–Trinajstić information content (AvgIpc) is 2.49. The molecule has 1 N–H and O–H groups in total. The van der Waals surface area contributed by atoms with E-state index in [1.165, 1.54) is 5.56 Å². The van der Waals surface area contributed by atoms with Gasteiger partial charge >= 0.3 is 0 Å². The molecule has 0 radical (unpaired) electrons. The molecule has 1 aliphatic rings. The standard InChI is InChI=1S/C8H12N4/c1-12(2)8-6-3-4-9-7(6)10-5-11-8/h5H,3-4H2,1-2H3,(H,9,10,11). The largest absolute Gasteiger partial charge is 0.369 e. The molecular weight excluding hydrogens is 152 g/mol. The third kappa shape index (κ3) is 0.995. The summed E-state index contributed by atoms with van der Waals surface area (Å²) >= 11 is 0. The summed E-state index contributed by atoms with van der Waals surface area (Å²) in [6.45, 7) is 0.981. The molecule has 0 saturated carbocycles. The van der Waals surface area contributed by atoms with Crippen molar-refractivity contribution in [3.63, 3.8) is 0 Å². The Hall–Kier alpha value is -1.32. The number of hydrogen-bond donors (Lipinski definition) is 1. The summed E-state index contributed by atoms with van der Waals surface area (Å²) in [5.74, 6) is 2.03.